The van der Waals surface area contributed by atoms with Crippen LogP contribution in [0.5, 0.6) is 0 Å². The van der Waals surface area contributed by atoms with Gasteiger partial charge in [0, 0.05) is 32.1 Å². The molecule has 7 heteroatoms. The number of sulfonamides is 1. The summed E-state index contributed by atoms with van der Waals surface area (Å²) < 4.78 is 27.7. The average molecular weight is 421 g/mol. The molecular formula is C23H24N4O2S. The van der Waals surface area contributed by atoms with Gasteiger partial charge in [-0.15, -0.1) is 5.10 Å². The highest BCUT2D eigenvalue weighted by Crippen LogP contribution is 2.38. The van der Waals surface area contributed by atoms with Gasteiger partial charge in [0.25, 0.3) is 0 Å². The third-order valence-electron chi connectivity index (χ3n) is 5.83. The zero-order chi connectivity index (χ0) is 20.6. The lowest BCUT2D eigenvalue weighted by Crippen LogP contribution is -2.49. The molecule has 154 valence electrons. The van der Waals surface area contributed by atoms with Gasteiger partial charge in [0.05, 0.1) is 10.6 Å². The zero-order valence-corrected chi connectivity index (χ0v) is 17.5. The van der Waals surface area contributed by atoms with Crippen LogP contribution in [0.4, 0.5) is 5.82 Å². The monoisotopic (exact) mass is 420 g/mol. The molecule has 30 heavy (non-hydrogen) atoms. The summed E-state index contributed by atoms with van der Waals surface area (Å²) in [7, 11) is -3.51. The zero-order valence-electron chi connectivity index (χ0n) is 16.7. The number of nitrogens with zero attached hydrogens (tertiary/aromatic N) is 4. The molecular weight excluding hydrogens is 396 g/mol. The molecule has 6 nitrogen and oxygen atoms in total. The van der Waals surface area contributed by atoms with Crippen molar-refractivity contribution in [1.82, 2.24) is 14.5 Å². The van der Waals surface area contributed by atoms with E-state index in [0.29, 0.717) is 37.0 Å². The minimum atomic E-state index is -3.51. The lowest BCUT2D eigenvalue weighted by atomic mass is 10.1. The number of benzene rings is 2. The van der Waals surface area contributed by atoms with E-state index in [2.05, 4.69) is 21.2 Å². The molecule has 5 rings (SSSR count). The van der Waals surface area contributed by atoms with Crippen LogP contribution in [0.2, 0.25) is 0 Å². The van der Waals surface area contributed by atoms with E-state index in [9.17, 15) is 8.42 Å². The minimum Gasteiger partial charge on any atom is -0.352 e. The normalized spacial score (nSPS) is 17.8. The minimum absolute atomic E-state index is 0.337. The first-order valence-electron chi connectivity index (χ1n) is 10.4. The second kappa shape index (κ2) is 7.81. The van der Waals surface area contributed by atoms with Crippen LogP contribution in [-0.2, 0) is 10.0 Å². The van der Waals surface area contributed by atoms with Crippen LogP contribution in [0, 0.1) is 0 Å². The number of piperazine rings is 1. The first kappa shape index (κ1) is 19.2. The second-order valence-corrected chi connectivity index (χ2v) is 9.81. The Hall–Kier alpha value is -2.77. The van der Waals surface area contributed by atoms with Gasteiger partial charge >= 0.3 is 0 Å². The van der Waals surface area contributed by atoms with Crippen molar-refractivity contribution in [2.45, 2.75) is 23.7 Å². The largest absolute Gasteiger partial charge is 0.352 e. The lowest BCUT2D eigenvalue weighted by Gasteiger charge is -2.34. The second-order valence-electron chi connectivity index (χ2n) is 7.87. The number of hydrogen-bond acceptors (Lipinski definition) is 5. The van der Waals surface area contributed by atoms with Gasteiger partial charge < -0.3 is 4.90 Å². The molecule has 0 radical (unpaired) electrons. The van der Waals surface area contributed by atoms with E-state index in [1.54, 1.807) is 16.4 Å². The average Bonchev–Trinajstić information content (AvgIpc) is 3.66. The molecule has 0 atom stereocenters. The van der Waals surface area contributed by atoms with Crippen LogP contribution in [0.1, 0.15) is 24.5 Å². The lowest BCUT2D eigenvalue weighted by molar-refractivity contribution is 0.383. The molecule has 1 saturated carbocycles. The van der Waals surface area contributed by atoms with Crippen molar-refractivity contribution in [2.24, 2.45) is 0 Å². The Kier molecular flexibility index (Phi) is 5.00. The molecule has 1 aromatic heterocycles. The summed E-state index contributed by atoms with van der Waals surface area (Å²) in [5.74, 6) is 1.41. The van der Waals surface area contributed by atoms with E-state index in [4.69, 9.17) is 0 Å². The van der Waals surface area contributed by atoms with Crippen molar-refractivity contribution in [3.63, 3.8) is 0 Å². The van der Waals surface area contributed by atoms with Gasteiger partial charge in [-0.3, -0.25) is 0 Å². The highest BCUT2D eigenvalue weighted by Gasteiger charge is 2.30. The number of aromatic nitrogens is 2. The summed E-state index contributed by atoms with van der Waals surface area (Å²) >= 11 is 0. The molecule has 2 aliphatic rings. The van der Waals surface area contributed by atoms with Gasteiger partial charge in [-0.25, -0.2) is 8.42 Å². The van der Waals surface area contributed by atoms with Crippen LogP contribution < -0.4 is 4.90 Å². The van der Waals surface area contributed by atoms with E-state index >= 15 is 0 Å². The van der Waals surface area contributed by atoms with Crippen LogP contribution in [-0.4, -0.2) is 49.1 Å². The van der Waals surface area contributed by atoms with E-state index in [0.717, 1.165) is 22.6 Å². The summed E-state index contributed by atoms with van der Waals surface area (Å²) in [5, 5.41) is 8.70. The van der Waals surface area contributed by atoms with E-state index in [1.807, 2.05) is 48.5 Å². The van der Waals surface area contributed by atoms with Crippen molar-refractivity contribution < 1.29 is 8.42 Å². The van der Waals surface area contributed by atoms with E-state index in [1.165, 1.54) is 12.8 Å². The van der Waals surface area contributed by atoms with Gasteiger partial charge in [-0.1, -0.05) is 42.5 Å². The van der Waals surface area contributed by atoms with Crippen molar-refractivity contribution in [2.75, 3.05) is 31.1 Å². The summed E-state index contributed by atoms with van der Waals surface area (Å²) in [6.07, 6.45) is 2.41. The molecule has 1 aliphatic carbocycles. The van der Waals surface area contributed by atoms with Crippen molar-refractivity contribution in [3.8, 4) is 11.1 Å². The van der Waals surface area contributed by atoms with E-state index < -0.39 is 10.0 Å². The number of anilines is 1. The maximum Gasteiger partial charge on any atom is 0.243 e. The van der Waals surface area contributed by atoms with Crippen LogP contribution >= 0.6 is 0 Å². The Morgan fingerprint density at radius 2 is 1.40 bits per heavy atom. The maximum absolute atomic E-state index is 13.1. The predicted molar refractivity (Wildman–Crippen MR) is 117 cm³/mol. The van der Waals surface area contributed by atoms with Gasteiger partial charge in [0.1, 0.15) is 0 Å². The van der Waals surface area contributed by atoms with Crippen molar-refractivity contribution in [1.29, 1.82) is 0 Å². The fraction of sp³-hybridized carbons (Fsp3) is 0.304. The molecule has 0 spiro atoms. The third-order valence-corrected chi connectivity index (χ3v) is 7.74. The Morgan fingerprint density at radius 1 is 0.733 bits per heavy atom. The summed E-state index contributed by atoms with van der Waals surface area (Å²) in [4.78, 5) is 2.44. The van der Waals surface area contributed by atoms with Crippen LogP contribution in [0.15, 0.2) is 71.6 Å². The van der Waals surface area contributed by atoms with E-state index in [-0.39, 0.29) is 0 Å². The Balaban J connectivity index is 1.25. The van der Waals surface area contributed by atoms with Crippen LogP contribution in [0.25, 0.3) is 11.1 Å². The molecule has 3 aromatic rings. The Morgan fingerprint density at radius 3 is 2.00 bits per heavy atom. The van der Waals surface area contributed by atoms with Crippen molar-refractivity contribution >= 4 is 15.8 Å². The first-order valence-corrected chi connectivity index (χ1v) is 11.8. The molecule has 1 saturated heterocycles. The van der Waals surface area contributed by atoms with Crippen LogP contribution in [0.3, 0.4) is 0 Å². The SMILES string of the molecule is O=S(=O)(c1ccc(-c2ccccc2)cc1)N1CCN(c2ccc(C3CC3)nn2)CC1. The van der Waals surface area contributed by atoms with Gasteiger partial charge in [0.2, 0.25) is 10.0 Å². The summed E-state index contributed by atoms with van der Waals surface area (Å²) in [5.41, 5.74) is 3.15. The molecule has 0 amide bonds. The fourth-order valence-electron chi connectivity index (χ4n) is 3.86. The Labute approximate surface area is 177 Å². The predicted octanol–water partition coefficient (Wildman–Crippen LogP) is 3.53. The van der Waals surface area contributed by atoms with Gasteiger partial charge in [0.15, 0.2) is 5.82 Å². The topological polar surface area (TPSA) is 66.4 Å². The van der Waals surface area contributed by atoms with Gasteiger partial charge in [-0.05, 0) is 48.2 Å². The number of rotatable bonds is 5. The van der Waals surface area contributed by atoms with Gasteiger partial charge in [-0.2, -0.15) is 9.40 Å². The Bertz CT molecular complexity index is 1100. The highest BCUT2D eigenvalue weighted by atomic mass is 32.2. The standard InChI is InChI=1S/C23H24N4O2S/c28-30(29,21-10-8-19(9-11-21)18-4-2-1-3-5-18)27-16-14-26(15-17-27)23-13-12-22(24-25-23)20-6-7-20/h1-5,8-13,20H,6-7,14-17H2. The quantitative estimate of drug-likeness (QED) is 0.632. The summed E-state index contributed by atoms with van der Waals surface area (Å²) in [6, 6.07) is 21.2. The van der Waals surface area contributed by atoms with Crippen molar-refractivity contribution in [3.05, 3.63) is 72.4 Å². The first-order chi connectivity index (χ1) is 14.6. The molecule has 0 unspecified atom stereocenters. The molecule has 2 fully saturated rings. The molecule has 1 aliphatic heterocycles. The molecule has 0 bridgehead atoms. The number of hydrogen-bond donors (Lipinski definition) is 0. The fourth-order valence-corrected chi connectivity index (χ4v) is 5.28. The molecule has 0 N–H and O–H groups in total. The summed E-state index contributed by atoms with van der Waals surface area (Å²) in [6.45, 7) is 2.10. The maximum atomic E-state index is 13.1. The smallest absolute Gasteiger partial charge is 0.243 e. The molecule has 2 aromatic carbocycles. The highest BCUT2D eigenvalue weighted by molar-refractivity contribution is 7.89. The molecule has 2 heterocycles. The third kappa shape index (κ3) is 3.82.